The van der Waals surface area contributed by atoms with Crippen molar-refractivity contribution in [3.8, 4) is 0 Å². The van der Waals surface area contributed by atoms with E-state index in [0.29, 0.717) is 25.9 Å². The van der Waals surface area contributed by atoms with Crippen LogP contribution in [0.3, 0.4) is 0 Å². The van der Waals surface area contributed by atoms with Crippen LogP contribution < -0.4 is 5.73 Å². The van der Waals surface area contributed by atoms with Crippen molar-refractivity contribution in [2.24, 2.45) is 16.8 Å². The van der Waals surface area contributed by atoms with E-state index in [4.69, 9.17) is 10.9 Å². The summed E-state index contributed by atoms with van der Waals surface area (Å²) in [7, 11) is -3.19. The van der Waals surface area contributed by atoms with Crippen molar-refractivity contribution in [3.05, 3.63) is 0 Å². The van der Waals surface area contributed by atoms with E-state index in [0.717, 1.165) is 0 Å². The molecule has 0 saturated carbocycles. The Kier molecular flexibility index (Phi) is 5.52. The normalized spacial score (nSPS) is 21.8. The van der Waals surface area contributed by atoms with Gasteiger partial charge in [-0.15, -0.1) is 0 Å². The van der Waals surface area contributed by atoms with Crippen molar-refractivity contribution in [3.63, 3.8) is 0 Å². The van der Waals surface area contributed by atoms with Gasteiger partial charge >= 0.3 is 0 Å². The average Bonchev–Trinajstić information content (AvgIpc) is 2.36. The predicted molar refractivity (Wildman–Crippen MR) is 79.1 cm³/mol. The highest BCUT2D eigenvalue weighted by atomic mass is 32.2. The van der Waals surface area contributed by atoms with Gasteiger partial charge in [-0.2, -0.15) is 11.8 Å². The van der Waals surface area contributed by atoms with Crippen molar-refractivity contribution in [1.29, 1.82) is 0 Å². The van der Waals surface area contributed by atoms with Gasteiger partial charge in [0.15, 0.2) is 5.84 Å². The van der Waals surface area contributed by atoms with Gasteiger partial charge in [0.2, 0.25) is 10.0 Å². The minimum absolute atomic E-state index is 0.112. The van der Waals surface area contributed by atoms with Crippen LogP contribution in [-0.2, 0) is 10.0 Å². The molecule has 1 rings (SSSR count). The van der Waals surface area contributed by atoms with Gasteiger partial charge < -0.3 is 10.9 Å². The number of sulfonamides is 1. The number of amidine groups is 1. The summed E-state index contributed by atoms with van der Waals surface area (Å²) in [5.41, 5.74) is 5.74. The summed E-state index contributed by atoms with van der Waals surface area (Å²) in [6.45, 7) is 4.63. The van der Waals surface area contributed by atoms with E-state index in [-0.39, 0.29) is 17.5 Å². The van der Waals surface area contributed by atoms with E-state index in [1.54, 1.807) is 0 Å². The fourth-order valence-electron chi connectivity index (χ4n) is 2.31. The van der Waals surface area contributed by atoms with Crippen LogP contribution in [0.2, 0.25) is 0 Å². The standard InChI is InChI=1S/C11H23N3O3S2/c1-9(2)8-19(16,17)14-6-4-11(18-3,5-7-14)10(12)13-15/h9,15H,4-8H2,1-3H3,(H2,12,13). The lowest BCUT2D eigenvalue weighted by Gasteiger charge is -2.39. The highest BCUT2D eigenvalue weighted by Crippen LogP contribution is 2.35. The van der Waals surface area contributed by atoms with Crippen LogP contribution in [0.15, 0.2) is 5.16 Å². The predicted octanol–water partition coefficient (Wildman–Crippen LogP) is 0.916. The second-order valence-electron chi connectivity index (χ2n) is 5.26. The molecule has 0 atom stereocenters. The molecule has 112 valence electrons. The van der Waals surface area contributed by atoms with E-state index >= 15 is 0 Å². The molecule has 6 nitrogen and oxygen atoms in total. The zero-order valence-electron chi connectivity index (χ0n) is 11.7. The van der Waals surface area contributed by atoms with Crippen LogP contribution in [0.5, 0.6) is 0 Å². The number of thioether (sulfide) groups is 1. The molecule has 0 aliphatic carbocycles. The number of hydrogen-bond donors (Lipinski definition) is 2. The molecule has 0 unspecified atom stereocenters. The molecular formula is C11H23N3O3S2. The van der Waals surface area contributed by atoms with Crippen molar-refractivity contribution in [2.75, 3.05) is 25.1 Å². The van der Waals surface area contributed by atoms with Crippen molar-refractivity contribution >= 4 is 27.6 Å². The number of hydrogen-bond acceptors (Lipinski definition) is 5. The Labute approximate surface area is 119 Å². The molecule has 0 radical (unpaired) electrons. The van der Waals surface area contributed by atoms with Gasteiger partial charge in [-0.3, -0.25) is 0 Å². The summed E-state index contributed by atoms with van der Waals surface area (Å²) in [5, 5.41) is 11.9. The number of piperidine rings is 1. The van der Waals surface area contributed by atoms with Gasteiger partial charge in [0, 0.05) is 13.1 Å². The summed E-state index contributed by atoms with van der Waals surface area (Å²) in [5.74, 6) is 0.463. The lowest BCUT2D eigenvalue weighted by atomic mass is 9.96. The van der Waals surface area contributed by atoms with E-state index in [2.05, 4.69) is 5.16 Å². The monoisotopic (exact) mass is 309 g/mol. The SMILES string of the molecule is CSC1(C(N)=NO)CCN(S(=O)(=O)CC(C)C)CC1. The first-order valence-corrected chi connectivity index (χ1v) is 9.12. The molecule has 0 amide bonds. The first kappa shape index (κ1) is 16.6. The second-order valence-corrected chi connectivity index (χ2v) is 8.46. The van der Waals surface area contributed by atoms with E-state index in [1.165, 1.54) is 16.1 Å². The minimum Gasteiger partial charge on any atom is -0.409 e. The Morgan fingerprint density at radius 1 is 1.47 bits per heavy atom. The van der Waals surface area contributed by atoms with Gasteiger partial charge in [0.25, 0.3) is 0 Å². The highest BCUT2D eigenvalue weighted by molar-refractivity contribution is 8.00. The number of nitrogens with two attached hydrogens (primary N) is 1. The maximum atomic E-state index is 12.1. The molecule has 0 aromatic rings. The summed E-state index contributed by atoms with van der Waals surface area (Å²) < 4.78 is 25.4. The van der Waals surface area contributed by atoms with Crippen LogP contribution in [0.25, 0.3) is 0 Å². The van der Waals surface area contributed by atoms with E-state index < -0.39 is 14.8 Å². The zero-order chi connectivity index (χ0) is 14.7. The smallest absolute Gasteiger partial charge is 0.214 e. The Morgan fingerprint density at radius 2 is 2.00 bits per heavy atom. The van der Waals surface area contributed by atoms with Gasteiger partial charge in [-0.1, -0.05) is 19.0 Å². The van der Waals surface area contributed by atoms with Crippen LogP contribution in [0.4, 0.5) is 0 Å². The molecule has 0 aromatic heterocycles. The maximum Gasteiger partial charge on any atom is 0.214 e. The largest absolute Gasteiger partial charge is 0.409 e. The Morgan fingerprint density at radius 3 is 2.37 bits per heavy atom. The first-order valence-electron chi connectivity index (χ1n) is 6.28. The Balaban J connectivity index is 2.77. The van der Waals surface area contributed by atoms with Crippen LogP contribution in [0.1, 0.15) is 26.7 Å². The topological polar surface area (TPSA) is 96.0 Å². The van der Waals surface area contributed by atoms with Crippen molar-refractivity contribution < 1.29 is 13.6 Å². The van der Waals surface area contributed by atoms with Crippen LogP contribution in [0, 0.1) is 5.92 Å². The van der Waals surface area contributed by atoms with E-state index in [9.17, 15) is 8.42 Å². The molecule has 1 aliphatic heterocycles. The van der Waals surface area contributed by atoms with Crippen molar-refractivity contribution in [2.45, 2.75) is 31.4 Å². The quantitative estimate of drug-likeness (QED) is 0.341. The summed E-state index contributed by atoms with van der Waals surface area (Å²) in [4.78, 5) is 0. The average molecular weight is 309 g/mol. The summed E-state index contributed by atoms with van der Waals surface area (Å²) in [6.07, 6.45) is 3.04. The fourth-order valence-corrected chi connectivity index (χ4v) is 4.94. The van der Waals surface area contributed by atoms with E-state index in [1.807, 2.05) is 20.1 Å². The van der Waals surface area contributed by atoms with Gasteiger partial charge in [-0.25, -0.2) is 12.7 Å². The van der Waals surface area contributed by atoms with Gasteiger partial charge in [0.1, 0.15) is 0 Å². The third-order valence-corrected chi connectivity index (χ3v) is 7.07. The third kappa shape index (κ3) is 3.76. The molecule has 1 saturated heterocycles. The first-order chi connectivity index (χ1) is 8.77. The molecule has 1 aliphatic rings. The molecule has 1 fully saturated rings. The van der Waals surface area contributed by atoms with Gasteiger partial charge in [0.05, 0.1) is 10.5 Å². The summed E-state index contributed by atoms with van der Waals surface area (Å²) in [6, 6.07) is 0. The van der Waals surface area contributed by atoms with Crippen LogP contribution in [-0.4, -0.2) is 53.6 Å². The lowest BCUT2D eigenvalue weighted by molar-refractivity contribution is 0.300. The number of rotatable bonds is 5. The second kappa shape index (κ2) is 6.32. The molecule has 0 bridgehead atoms. The van der Waals surface area contributed by atoms with Crippen molar-refractivity contribution in [1.82, 2.24) is 4.31 Å². The molecule has 3 N–H and O–H groups in total. The molecule has 8 heteroatoms. The molecule has 0 spiro atoms. The number of nitrogens with zero attached hydrogens (tertiary/aromatic N) is 2. The Hall–Kier alpha value is -0.470. The summed E-state index contributed by atoms with van der Waals surface area (Å²) >= 11 is 1.52. The van der Waals surface area contributed by atoms with Crippen LogP contribution >= 0.6 is 11.8 Å². The number of oxime groups is 1. The maximum absolute atomic E-state index is 12.1. The third-order valence-electron chi connectivity index (χ3n) is 3.43. The molecule has 19 heavy (non-hydrogen) atoms. The van der Waals surface area contributed by atoms with Gasteiger partial charge in [-0.05, 0) is 25.0 Å². The minimum atomic E-state index is -3.19. The molecule has 0 aromatic carbocycles. The fraction of sp³-hybridized carbons (Fsp3) is 0.909. The Bertz CT molecular complexity index is 426. The zero-order valence-corrected chi connectivity index (χ0v) is 13.3. The molecular weight excluding hydrogens is 286 g/mol. The lowest BCUT2D eigenvalue weighted by Crippen LogP contribution is -2.52. The molecule has 1 heterocycles. The highest BCUT2D eigenvalue weighted by Gasteiger charge is 2.40.